The van der Waals surface area contributed by atoms with Crippen molar-refractivity contribution < 1.29 is 0 Å². The van der Waals surface area contributed by atoms with Gasteiger partial charge in [0.1, 0.15) is 0 Å². The molecule has 0 aliphatic rings. The third-order valence-electron chi connectivity index (χ3n) is 4.01. The van der Waals surface area contributed by atoms with Crippen molar-refractivity contribution in [3.8, 4) is 0 Å². The summed E-state index contributed by atoms with van der Waals surface area (Å²) in [6.07, 6.45) is 2.95. The zero-order valence-electron chi connectivity index (χ0n) is 12.0. The van der Waals surface area contributed by atoms with E-state index in [1.54, 1.807) is 0 Å². The third-order valence-corrected chi connectivity index (χ3v) is 4.01. The maximum absolute atomic E-state index is 5.98. The van der Waals surface area contributed by atoms with Gasteiger partial charge in [-0.25, -0.2) is 0 Å². The number of hydrogen-bond acceptors (Lipinski definition) is 3. The maximum atomic E-state index is 5.98. The van der Waals surface area contributed by atoms with E-state index >= 15 is 0 Å². The van der Waals surface area contributed by atoms with Crippen molar-refractivity contribution in [2.45, 2.75) is 32.4 Å². The van der Waals surface area contributed by atoms with Crippen LogP contribution in [-0.2, 0) is 0 Å². The van der Waals surface area contributed by atoms with Crippen LogP contribution in [0.5, 0.6) is 0 Å². The molecule has 3 heteroatoms. The number of aromatic nitrogens is 1. The molecule has 1 heterocycles. The average molecular weight is 257 g/mol. The first-order chi connectivity index (χ1) is 9.17. The van der Waals surface area contributed by atoms with Gasteiger partial charge < -0.3 is 5.73 Å². The lowest BCUT2D eigenvalue weighted by Crippen LogP contribution is -2.36. The standard InChI is InChI=1S/C16H23N3/c1-4-12(2)19(3)16(11-17)14-7-8-15-13(10-14)6-5-9-18-15/h5-10,12,16H,4,11,17H2,1-3H3. The highest BCUT2D eigenvalue weighted by atomic mass is 15.2. The third kappa shape index (κ3) is 2.94. The van der Waals surface area contributed by atoms with Gasteiger partial charge >= 0.3 is 0 Å². The summed E-state index contributed by atoms with van der Waals surface area (Å²) in [5.74, 6) is 0. The van der Waals surface area contributed by atoms with Gasteiger partial charge in [0.25, 0.3) is 0 Å². The lowest BCUT2D eigenvalue weighted by atomic mass is 10.0. The Morgan fingerprint density at radius 2 is 2.11 bits per heavy atom. The van der Waals surface area contributed by atoms with Crippen molar-refractivity contribution in [3.05, 3.63) is 42.1 Å². The fraction of sp³-hybridized carbons (Fsp3) is 0.438. The number of nitrogens with two attached hydrogens (primary N) is 1. The van der Waals surface area contributed by atoms with Gasteiger partial charge in [0.2, 0.25) is 0 Å². The van der Waals surface area contributed by atoms with Crippen LogP contribution >= 0.6 is 0 Å². The van der Waals surface area contributed by atoms with E-state index in [0.29, 0.717) is 12.6 Å². The van der Waals surface area contributed by atoms with E-state index in [4.69, 9.17) is 5.73 Å². The lowest BCUT2D eigenvalue weighted by molar-refractivity contribution is 0.185. The van der Waals surface area contributed by atoms with Crippen LogP contribution in [0.4, 0.5) is 0 Å². The number of hydrogen-bond donors (Lipinski definition) is 1. The summed E-state index contributed by atoms with van der Waals surface area (Å²) in [7, 11) is 2.15. The summed E-state index contributed by atoms with van der Waals surface area (Å²) in [5.41, 5.74) is 8.29. The van der Waals surface area contributed by atoms with E-state index in [1.807, 2.05) is 12.3 Å². The van der Waals surface area contributed by atoms with Crippen molar-refractivity contribution in [1.82, 2.24) is 9.88 Å². The van der Waals surface area contributed by atoms with E-state index in [0.717, 1.165) is 11.9 Å². The summed E-state index contributed by atoms with van der Waals surface area (Å²) in [4.78, 5) is 6.72. The summed E-state index contributed by atoms with van der Waals surface area (Å²) in [5, 5.41) is 1.18. The van der Waals surface area contributed by atoms with Gasteiger partial charge in [-0.15, -0.1) is 0 Å². The molecule has 102 valence electrons. The molecule has 0 fully saturated rings. The first kappa shape index (κ1) is 14.0. The number of fused-ring (bicyclic) bond motifs is 1. The van der Waals surface area contributed by atoms with Gasteiger partial charge in [-0.1, -0.05) is 19.1 Å². The molecule has 2 unspecified atom stereocenters. The average Bonchev–Trinajstić information content (AvgIpc) is 2.46. The molecule has 19 heavy (non-hydrogen) atoms. The van der Waals surface area contributed by atoms with Crippen LogP contribution in [0.1, 0.15) is 31.9 Å². The molecule has 0 aliphatic carbocycles. The minimum atomic E-state index is 0.263. The molecule has 0 saturated carbocycles. The van der Waals surface area contributed by atoms with Gasteiger partial charge in [0.15, 0.2) is 0 Å². The molecule has 0 bridgehead atoms. The second kappa shape index (κ2) is 6.13. The first-order valence-corrected chi connectivity index (χ1v) is 6.94. The minimum Gasteiger partial charge on any atom is -0.329 e. The second-order valence-electron chi connectivity index (χ2n) is 5.13. The van der Waals surface area contributed by atoms with Crippen LogP contribution in [-0.4, -0.2) is 29.5 Å². The fourth-order valence-electron chi connectivity index (χ4n) is 2.43. The lowest BCUT2D eigenvalue weighted by Gasteiger charge is -2.32. The Labute approximate surface area is 115 Å². The molecule has 2 aromatic rings. The quantitative estimate of drug-likeness (QED) is 0.895. The van der Waals surface area contributed by atoms with Gasteiger partial charge in [0.05, 0.1) is 5.52 Å². The highest BCUT2D eigenvalue weighted by Crippen LogP contribution is 2.24. The second-order valence-corrected chi connectivity index (χ2v) is 5.13. The van der Waals surface area contributed by atoms with Crippen LogP contribution in [0, 0.1) is 0 Å². The van der Waals surface area contributed by atoms with E-state index in [2.05, 4.69) is 55.0 Å². The Morgan fingerprint density at radius 3 is 2.79 bits per heavy atom. The number of pyridine rings is 1. The highest BCUT2D eigenvalue weighted by molar-refractivity contribution is 5.79. The van der Waals surface area contributed by atoms with Gasteiger partial charge in [-0.3, -0.25) is 9.88 Å². The number of nitrogens with zero attached hydrogens (tertiary/aromatic N) is 2. The molecule has 0 saturated heterocycles. The molecule has 1 aromatic heterocycles. The summed E-state index contributed by atoms with van der Waals surface area (Å²) in [6, 6.07) is 11.3. The largest absolute Gasteiger partial charge is 0.329 e. The van der Waals surface area contributed by atoms with Crippen LogP contribution < -0.4 is 5.73 Å². The van der Waals surface area contributed by atoms with Crippen molar-refractivity contribution in [3.63, 3.8) is 0 Å². The first-order valence-electron chi connectivity index (χ1n) is 6.94. The highest BCUT2D eigenvalue weighted by Gasteiger charge is 2.19. The van der Waals surface area contributed by atoms with Crippen molar-refractivity contribution in [2.24, 2.45) is 5.73 Å². The van der Waals surface area contributed by atoms with Crippen molar-refractivity contribution in [2.75, 3.05) is 13.6 Å². The zero-order chi connectivity index (χ0) is 13.8. The van der Waals surface area contributed by atoms with E-state index in [-0.39, 0.29) is 6.04 Å². The number of rotatable bonds is 5. The molecule has 2 atom stereocenters. The molecule has 2 N–H and O–H groups in total. The van der Waals surface area contributed by atoms with Crippen LogP contribution in [0.2, 0.25) is 0 Å². The van der Waals surface area contributed by atoms with Crippen molar-refractivity contribution >= 4 is 10.9 Å². The van der Waals surface area contributed by atoms with E-state index in [9.17, 15) is 0 Å². The SMILES string of the molecule is CCC(C)N(C)C(CN)c1ccc2ncccc2c1. The Morgan fingerprint density at radius 1 is 1.32 bits per heavy atom. The van der Waals surface area contributed by atoms with Crippen LogP contribution in [0.3, 0.4) is 0 Å². The summed E-state index contributed by atoms with van der Waals surface area (Å²) in [6.45, 7) is 5.08. The van der Waals surface area contributed by atoms with Gasteiger partial charge in [-0.2, -0.15) is 0 Å². The molecular weight excluding hydrogens is 234 g/mol. The smallest absolute Gasteiger partial charge is 0.0702 e. The van der Waals surface area contributed by atoms with Crippen molar-refractivity contribution in [1.29, 1.82) is 0 Å². The fourth-order valence-corrected chi connectivity index (χ4v) is 2.43. The monoisotopic (exact) mass is 257 g/mol. The Bertz CT molecular complexity index is 538. The zero-order valence-corrected chi connectivity index (χ0v) is 12.0. The topological polar surface area (TPSA) is 42.1 Å². The predicted octanol–water partition coefficient (Wildman–Crippen LogP) is 2.96. The molecule has 0 aliphatic heterocycles. The molecule has 1 aromatic carbocycles. The predicted molar refractivity (Wildman–Crippen MR) is 81.1 cm³/mol. The summed E-state index contributed by atoms with van der Waals surface area (Å²) >= 11 is 0. The minimum absolute atomic E-state index is 0.263. The molecule has 0 spiro atoms. The van der Waals surface area contributed by atoms with E-state index < -0.39 is 0 Å². The Hall–Kier alpha value is -1.45. The molecular formula is C16H23N3. The maximum Gasteiger partial charge on any atom is 0.0702 e. The number of likely N-dealkylation sites (N-methyl/N-ethyl adjacent to an activating group) is 1. The van der Waals surface area contributed by atoms with E-state index in [1.165, 1.54) is 10.9 Å². The molecule has 2 rings (SSSR count). The van der Waals surface area contributed by atoms with Gasteiger partial charge in [0, 0.05) is 30.2 Å². The summed E-state index contributed by atoms with van der Waals surface area (Å²) < 4.78 is 0. The normalized spacial score (nSPS) is 14.8. The van der Waals surface area contributed by atoms with Gasteiger partial charge in [-0.05, 0) is 44.2 Å². The van der Waals surface area contributed by atoms with Crippen LogP contribution in [0.15, 0.2) is 36.5 Å². The Balaban J connectivity index is 2.35. The number of benzene rings is 1. The molecule has 3 nitrogen and oxygen atoms in total. The van der Waals surface area contributed by atoms with Crippen LogP contribution in [0.25, 0.3) is 10.9 Å². The molecule has 0 radical (unpaired) electrons. The molecule has 0 amide bonds. The Kier molecular flexibility index (Phi) is 4.51.